The normalized spacial score (nSPS) is 11.7. The maximum Gasteiger partial charge on any atom is 0.151 e. The van der Waals surface area contributed by atoms with E-state index in [9.17, 15) is 9.50 Å². The molecule has 1 aromatic heterocycles. The molecule has 1 N–H and O–H groups in total. The van der Waals surface area contributed by atoms with E-state index in [1.807, 2.05) is 54.6 Å². The van der Waals surface area contributed by atoms with Crippen LogP contribution in [0.25, 0.3) is 21.0 Å². The fraction of sp³-hybridized carbons (Fsp3) is 0.0400. The molecule has 0 unspecified atom stereocenters. The van der Waals surface area contributed by atoms with E-state index in [0.717, 1.165) is 35.7 Å². The molecule has 8 heteroatoms. The molecule has 0 aliphatic carbocycles. The molecular formula is C25H15Br2FN2OS2. The second-order valence-electron chi connectivity index (χ2n) is 7.26. The third kappa shape index (κ3) is 4.84. The summed E-state index contributed by atoms with van der Waals surface area (Å²) < 4.78 is 17.5. The molecule has 5 rings (SSSR count). The maximum absolute atomic E-state index is 14.1. The molecule has 0 aliphatic heterocycles. The Kier molecular flexibility index (Phi) is 6.51. The number of halogens is 3. The summed E-state index contributed by atoms with van der Waals surface area (Å²) in [5.41, 5.74) is 3.39. The highest BCUT2D eigenvalue weighted by Crippen LogP contribution is 2.35. The Labute approximate surface area is 214 Å². The minimum atomic E-state index is -0.198. The lowest BCUT2D eigenvalue weighted by molar-refractivity contribution is 0.471. The van der Waals surface area contributed by atoms with Crippen molar-refractivity contribution >= 4 is 87.8 Å². The standard InChI is InChI=1S/C25H15Br2FN2OS2/c26-16-9-15(24(31)20(27)10-16)12-29-17-6-8-22-23(11-17)33-25(30-22)32-13-14-5-7-21(28)19-4-2-1-3-18(14)19/h1-12,31H,13H2. The first-order chi connectivity index (χ1) is 16.0. The van der Waals surface area contributed by atoms with Crippen molar-refractivity contribution in [2.45, 2.75) is 10.1 Å². The van der Waals surface area contributed by atoms with E-state index in [1.54, 1.807) is 35.4 Å². The topological polar surface area (TPSA) is 45.5 Å². The molecule has 5 aromatic rings. The number of aliphatic imine (C=N–C) groups is 1. The van der Waals surface area contributed by atoms with Gasteiger partial charge in [-0.15, -0.1) is 11.3 Å². The third-order valence-electron chi connectivity index (χ3n) is 5.08. The van der Waals surface area contributed by atoms with Gasteiger partial charge in [-0.2, -0.15) is 0 Å². The number of thiazole rings is 1. The van der Waals surface area contributed by atoms with Gasteiger partial charge < -0.3 is 5.11 Å². The van der Waals surface area contributed by atoms with Crippen molar-refractivity contribution in [2.75, 3.05) is 0 Å². The SMILES string of the molecule is Oc1c(Br)cc(Br)cc1C=Nc1ccc2nc(SCc3ccc(F)c4ccccc34)sc2c1. The third-order valence-corrected chi connectivity index (χ3v) is 8.35. The van der Waals surface area contributed by atoms with Gasteiger partial charge in [0, 0.05) is 27.4 Å². The van der Waals surface area contributed by atoms with Crippen LogP contribution in [0.4, 0.5) is 10.1 Å². The molecule has 164 valence electrons. The number of fused-ring (bicyclic) bond motifs is 2. The van der Waals surface area contributed by atoms with Crippen LogP contribution >= 0.6 is 55.0 Å². The molecule has 3 nitrogen and oxygen atoms in total. The molecule has 0 atom stereocenters. The van der Waals surface area contributed by atoms with Gasteiger partial charge in [0.25, 0.3) is 0 Å². The predicted molar refractivity (Wildman–Crippen MR) is 144 cm³/mol. The average Bonchev–Trinajstić information content (AvgIpc) is 3.22. The molecule has 1 heterocycles. The van der Waals surface area contributed by atoms with Crippen molar-refractivity contribution < 1.29 is 9.50 Å². The molecular weight excluding hydrogens is 587 g/mol. The highest BCUT2D eigenvalue weighted by Gasteiger charge is 2.10. The van der Waals surface area contributed by atoms with E-state index in [0.29, 0.717) is 21.2 Å². The first kappa shape index (κ1) is 22.5. The van der Waals surface area contributed by atoms with Gasteiger partial charge in [-0.25, -0.2) is 9.37 Å². The molecule has 33 heavy (non-hydrogen) atoms. The molecule has 0 radical (unpaired) electrons. The van der Waals surface area contributed by atoms with Crippen molar-refractivity contribution in [2.24, 2.45) is 4.99 Å². The summed E-state index contributed by atoms with van der Waals surface area (Å²) in [4.78, 5) is 9.25. The van der Waals surface area contributed by atoms with Crippen molar-refractivity contribution in [3.05, 3.63) is 92.6 Å². The zero-order valence-electron chi connectivity index (χ0n) is 16.9. The number of phenolic OH excluding ortho intramolecular Hbond substituents is 1. The average molecular weight is 602 g/mol. The number of hydrogen-bond donors (Lipinski definition) is 1. The Hall–Kier alpha value is -2.26. The summed E-state index contributed by atoms with van der Waals surface area (Å²) in [7, 11) is 0. The fourth-order valence-corrected chi connectivity index (χ4v) is 6.82. The summed E-state index contributed by atoms with van der Waals surface area (Å²) in [5.74, 6) is 0.659. The minimum absolute atomic E-state index is 0.146. The smallest absolute Gasteiger partial charge is 0.151 e. The first-order valence-corrected chi connectivity index (χ1v) is 13.3. The van der Waals surface area contributed by atoms with Gasteiger partial charge in [0.2, 0.25) is 0 Å². The molecule has 0 saturated carbocycles. The van der Waals surface area contributed by atoms with Crippen LogP contribution < -0.4 is 0 Å². The summed E-state index contributed by atoms with van der Waals surface area (Å²) in [6.45, 7) is 0. The Morgan fingerprint density at radius 1 is 1.03 bits per heavy atom. The van der Waals surface area contributed by atoms with Crippen LogP contribution in [0.1, 0.15) is 11.1 Å². The largest absolute Gasteiger partial charge is 0.506 e. The highest BCUT2D eigenvalue weighted by molar-refractivity contribution is 9.11. The van der Waals surface area contributed by atoms with Gasteiger partial charge in [-0.05, 0) is 63.3 Å². The molecule has 4 aromatic carbocycles. The number of nitrogens with zero attached hydrogens (tertiary/aromatic N) is 2. The summed E-state index contributed by atoms with van der Waals surface area (Å²) in [5, 5.41) is 11.8. The highest BCUT2D eigenvalue weighted by atomic mass is 79.9. The van der Waals surface area contributed by atoms with Crippen molar-refractivity contribution in [3.63, 3.8) is 0 Å². The molecule has 0 amide bonds. The Morgan fingerprint density at radius 3 is 2.70 bits per heavy atom. The summed E-state index contributed by atoms with van der Waals surface area (Å²) in [6, 6.07) is 20.4. The van der Waals surface area contributed by atoms with Crippen LogP contribution in [0.3, 0.4) is 0 Å². The lowest BCUT2D eigenvalue weighted by Crippen LogP contribution is -1.87. The second-order valence-corrected chi connectivity index (χ2v) is 11.3. The van der Waals surface area contributed by atoms with Gasteiger partial charge in [-0.3, -0.25) is 4.99 Å². The Morgan fingerprint density at radius 2 is 1.85 bits per heavy atom. The van der Waals surface area contributed by atoms with Gasteiger partial charge in [0.1, 0.15) is 11.6 Å². The van der Waals surface area contributed by atoms with Gasteiger partial charge in [0.15, 0.2) is 4.34 Å². The van der Waals surface area contributed by atoms with Gasteiger partial charge >= 0.3 is 0 Å². The van der Waals surface area contributed by atoms with Gasteiger partial charge in [0.05, 0.1) is 20.4 Å². The lowest BCUT2D eigenvalue weighted by Gasteiger charge is -2.06. The number of aromatic nitrogens is 1. The van der Waals surface area contributed by atoms with Crippen LogP contribution in [0.15, 0.2) is 85.0 Å². The van der Waals surface area contributed by atoms with Crippen LogP contribution in [-0.4, -0.2) is 16.3 Å². The van der Waals surface area contributed by atoms with E-state index in [2.05, 4.69) is 36.9 Å². The van der Waals surface area contributed by atoms with E-state index in [4.69, 9.17) is 4.98 Å². The number of aromatic hydroxyl groups is 1. The van der Waals surface area contributed by atoms with Crippen LogP contribution in [0.2, 0.25) is 0 Å². The number of rotatable bonds is 5. The lowest BCUT2D eigenvalue weighted by atomic mass is 10.1. The van der Waals surface area contributed by atoms with Crippen LogP contribution in [0.5, 0.6) is 5.75 Å². The van der Waals surface area contributed by atoms with Crippen molar-refractivity contribution in [1.82, 2.24) is 4.98 Å². The van der Waals surface area contributed by atoms with Gasteiger partial charge in [-0.1, -0.05) is 58.0 Å². The van der Waals surface area contributed by atoms with Crippen LogP contribution in [0, 0.1) is 5.82 Å². The molecule has 0 bridgehead atoms. The number of benzene rings is 4. The van der Waals surface area contributed by atoms with Crippen LogP contribution in [-0.2, 0) is 5.75 Å². The predicted octanol–water partition coefficient (Wildman–Crippen LogP) is 8.86. The molecule has 0 spiro atoms. The van der Waals surface area contributed by atoms with E-state index in [-0.39, 0.29) is 11.6 Å². The first-order valence-electron chi connectivity index (χ1n) is 9.89. The second kappa shape index (κ2) is 9.54. The fourth-order valence-electron chi connectivity index (χ4n) is 3.45. The quantitative estimate of drug-likeness (QED) is 0.162. The van der Waals surface area contributed by atoms with Crippen molar-refractivity contribution in [3.8, 4) is 5.75 Å². The minimum Gasteiger partial charge on any atom is -0.506 e. The van der Waals surface area contributed by atoms with E-state index in [1.165, 1.54) is 6.07 Å². The number of thioether (sulfide) groups is 1. The molecule has 0 fully saturated rings. The summed E-state index contributed by atoms with van der Waals surface area (Å²) >= 11 is 10.0. The zero-order chi connectivity index (χ0) is 22.9. The molecule has 0 aliphatic rings. The maximum atomic E-state index is 14.1. The number of phenols is 1. The Balaban J connectivity index is 1.37. The zero-order valence-corrected chi connectivity index (χ0v) is 21.7. The molecule has 0 saturated heterocycles. The van der Waals surface area contributed by atoms with E-state index >= 15 is 0 Å². The monoisotopic (exact) mass is 600 g/mol. The Bertz CT molecular complexity index is 1530. The van der Waals surface area contributed by atoms with E-state index < -0.39 is 0 Å². The summed E-state index contributed by atoms with van der Waals surface area (Å²) in [6.07, 6.45) is 1.64. The number of hydrogen-bond acceptors (Lipinski definition) is 5. The van der Waals surface area contributed by atoms with Crippen molar-refractivity contribution in [1.29, 1.82) is 0 Å².